The minimum absolute atomic E-state index is 0.0941. The third-order valence-electron chi connectivity index (χ3n) is 3.18. The standard InChI is InChI=1S/C18H18NO3/c1-14(19-12-15-8-4-2-5-9-15)17(20)18(21)22-13-16-10-6-3-7-11-16/h2-11,14H,12-13H2,1H3/t14-/m0/s1. The summed E-state index contributed by atoms with van der Waals surface area (Å²) in [6, 6.07) is 18.1. The molecule has 0 aliphatic carbocycles. The molecule has 2 rings (SSSR count). The maximum atomic E-state index is 11.9. The van der Waals surface area contributed by atoms with Gasteiger partial charge in [-0.3, -0.25) is 4.79 Å². The second-order valence-corrected chi connectivity index (χ2v) is 4.93. The topological polar surface area (TPSA) is 57.5 Å². The van der Waals surface area contributed by atoms with E-state index in [0.717, 1.165) is 11.1 Å². The quantitative estimate of drug-likeness (QED) is 0.582. The lowest BCUT2D eigenvalue weighted by Crippen LogP contribution is -2.34. The van der Waals surface area contributed by atoms with E-state index >= 15 is 0 Å². The summed E-state index contributed by atoms with van der Waals surface area (Å²) in [6.07, 6.45) is 0. The molecule has 0 amide bonds. The van der Waals surface area contributed by atoms with Gasteiger partial charge in [0.05, 0.1) is 6.04 Å². The van der Waals surface area contributed by atoms with Crippen molar-refractivity contribution in [2.75, 3.05) is 0 Å². The van der Waals surface area contributed by atoms with Gasteiger partial charge in [0.25, 0.3) is 5.78 Å². The zero-order chi connectivity index (χ0) is 15.8. The number of ketones is 1. The number of hydrogen-bond donors (Lipinski definition) is 0. The lowest BCUT2D eigenvalue weighted by atomic mass is 10.2. The van der Waals surface area contributed by atoms with Crippen molar-refractivity contribution in [1.29, 1.82) is 0 Å². The Hall–Kier alpha value is -2.46. The molecule has 0 aromatic heterocycles. The number of benzene rings is 2. The van der Waals surface area contributed by atoms with Crippen molar-refractivity contribution in [3.63, 3.8) is 0 Å². The first-order chi connectivity index (χ1) is 10.7. The number of carbonyl (C=O) groups is 2. The van der Waals surface area contributed by atoms with Crippen LogP contribution in [0.15, 0.2) is 60.7 Å². The number of nitrogens with zero attached hydrogens (tertiary/aromatic N) is 1. The van der Waals surface area contributed by atoms with Crippen molar-refractivity contribution in [2.24, 2.45) is 0 Å². The van der Waals surface area contributed by atoms with Crippen LogP contribution in [0, 0.1) is 0 Å². The van der Waals surface area contributed by atoms with Crippen LogP contribution in [0.2, 0.25) is 0 Å². The van der Waals surface area contributed by atoms with Gasteiger partial charge >= 0.3 is 5.97 Å². The Morgan fingerprint density at radius 2 is 1.50 bits per heavy atom. The van der Waals surface area contributed by atoms with Crippen LogP contribution in [-0.2, 0) is 27.5 Å². The number of carbonyl (C=O) groups excluding carboxylic acids is 2. The fraction of sp³-hybridized carbons (Fsp3) is 0.222. The van der Waals surface area contributed by atoms with Crippen LogP contribution >= 0.6 is 0 Å². The number of rotatable bonds is 7. The fourth-order valence-corrected chi connectivity index (χ4v) is 1.87. The van der Waals surface area contributed by atoms with E-state index in [0.29, 0.717) is 6.54 Å². The number of ether oxygens (including phenoxy) is 1. The van der Waals surface area contributed by atoms with E-state index in [4.69, 9.17) is 4.74 Å². The van der Waals surface area contributed by atoms with Gasteiger partial charge in [-0.05, 0) is 18.1 Å². The highest BCUT2D eigenvalue weighted by atomic mass is 16.5. The number of esters is 1. The Kier molecular flexibility index (Phi) is 5.86. The van der Waals surface area contributed by atoms with Crippen molar-refractivity contribution in [1.82, 2.24) is 5.32 Å². The van der Waals surface area contributed by atoms with Crippen LogP contribution in [0.3, 0.4) is 0 Å². The van der Waals surface area contributed by atoms with E-state index in [1.54, 1.807) is 6.92 Å². The number of Topliss-reactive ketones (excluding diaryl/α,β-unsaturated/α-hetero) is 1. The Bertz CT molecular complexity index is 611. The third kappa shape index (κ3) is 4.82. The molecular weight excluding hydrogens is 278 g/mol. The second-order valence-electron chi connectivity index (χ2n) is 4.93. The summed E-state index contributed by atoms with van der Waals surface area (Å²) in [5.41, 5.74) is 1.84. The molecule has 0 N–H and O–H groups in total. The van der Waals surface area contributed by atoms with Crippen LogP contribution in [0.25, 0.3) is 0 Å². The van der Waals surface area contributed by atoms with Crippen molar-refractivity contribution >= 4 is 11.8 Å². The first-order valence-corrected chi connectivity index (χ1v) is 7.12. The predicted molar refractivity (Wildman–Crippen MR) is 83.0 cm³/mol. The Morgan fingerprint density at radius 3 is 2.09 bits per heavy atom. The maximum absolute atomic E-state index is 11.9. The molecule has 0 heterocycles. The van der Waals surface area contributed by atoms with Gasteiger partial charge in [0.15, 0.2) is 0 Å². The van der Waals surface area contributed by atoms with Crippen molar-refractivity contribution < 1.29 is 14.3 Å². The van der Waals surface area contributed by atoms with Crippen LogP contribution in [0.1, 0.15) is 18.1 Å². The van der Waals surface area contributed by atoms with E-state index in [2.05, 4.69) is 5.32 Å². The summed E-state index contributed by atoms with van der Waals surface area (Å²) in [6.45, 7) is 2.10. The van der Waals surface area contributed by atoms with Gasteiger partial charge in [-0.15, -0.1) is 0 Å². The average Bonchev–Trinajstić information content (AvgIpc) is 2.58. The Labute approximate surface area is 130 Å². The van der Waals surface area contributed by atoms with E-state index in [1.165, 1.54) is 0 Å². The second kappa shape index (κ2) is 8.10. The molecule has 4 nitrogen and oxygen atoms in total. The molecule has 22 heavy (non-hydrogen) atoms. The molecule has 0 aliphatic rings. The SMILES string of the molecule is C[C@H]([N]Cc1ccccc1)C(=O)C(=O)OCc1ccccc1. The molecule has 2 aromatic carbocycles. The van der Waals surface area contributed by atoms with Crippen molar-refractivity contribution in [3.05, 3.63) is 71.8 Å². The van der Waals surface area contributed by atoms with E-state index < -0.39 is 17.8 Å². The van der Waals surface area contributed by atoms with Crippen molar-refractivity contribution in [2.45, 2.75) is 26.1 Å². The summed E-state index contributed by atoms with van der Waals surface area (Å²) in [5, 5.41) is 4.22. The Morgan fingerprint density at radius 1 is 0.955 bits per heavy atom. The van der Waals surface area contributed by atoms with Gasteiger partial charge in [0.1, 0.15) is 6.61 Å². The molecule has 0 saturated heterocycles. The first-order valence-electron chi connectivity index (χ1n) is 7.12. The van der Waals surface area contributed by atoms with E-state index in [-0.39, 0.29) is 6.61 Å². The van der Waals surface area contributed by atoms with Gasteiger partial charge in [0, 0.05) is 6.54 Å². The van der Waals surface area contributed by atoms with E-state index in [9.17, 15) is 9.59 Å². The normalized spacial score (nSPS) is 11.7. The maximum Gasteiger partial charge on any atom is 0.376 e. The van der Waals surface area contributed by atoms with Crippen LogP contribution < -0.4 is 5.32 Å². The molecule has 0 fully saturated rings. The highest BCUT2D eigenvalue weighted by molar-refractivity contribution is 6.35. The van der Waals surface area contributed by atoms with Gasteiger partial charge in [0.2, 0.25) is 0 Å². The van der Waals surface area contributed by atoms with Crippen molar-refractivity contribution in [3.8, 4) is 0 Å². The minimum atomic E-state index is -0.840. The lowest BCUT2D eigenvalue weighted by Gasteiger charge is -2.10. The molecule has 0 saturated carbocycles. The summed E-state index contributed by atoms with van der Waals surface area (Å²) in [7, 11) is 0. The van der Waals surface area contributed by atoms with Crippen LogP contribution in [-0.4, -0.2) is 17.8 Å². The number of hydrogen-bond acceptors (Lipinski definition) is 3. The van der Waals surface area contributed by atoms with E-state index in [1.807, 2.05) is 60.7 Å². The first kappa shape index (κ1) is 15.9. The smallest absolute Gasteiger partial charge is 0.376 e. The molecule has 0 spiro atoms. The molecule has 4 heteroatoms. The zero-order valence-electron chi connectivity index (χ0n) is 12.4. The highest BCUT2D eigenvalue weighted by Gasteiger charge is 2.23. The minimum Gasteiger partial charge on any atom is -0.455 e. The van der Waals surface area contributed by atoms with Crippen LogP contribution in [0.5, 0.6) is 0 Å². The monoisotopic (exact) mass is 296 g/mol. The molecule has 0 bridgehead atoms. The third-order valence-corrected chi connectivity index (χ3v) is 3.18. The fourth-order valence-electron chi connectivity index (χ4n) is 1.87. The molecule has 1 atom stereocenters. The van der Waals surface area contributed by atoms with Gasteiger partial charge in [-0.2, -0.15) is 0 Å². The van der Waals surface area contributed by atoms with Gasteiger partial charge in [-0.1, -0.05) is 60.7 Å². The van der Waals surface area contributed by atoms with Gasteiger partial charge in [-0.25, -0.2) is 10.1 Å². The van der Waals surface area contributed by atoms with Crippen LogP contribution in [0.4, 0.5) is 0 Å². The molecule has 0 unspecified atom stereocenters. The summed E-state index contributed by atoms with van der Waals surface area (Å²) in [5.74, 6) is -1.46. The Balaban J connectivity index is 1.78. The highest BCUT2D eigenvalue weighted by Crippen LogP contribution is 2.03. The summed E-state index contributed by atoms with van der Waals surface area (Å²) < 4.78 is 5.01. The molecule has 113 valence electrons. The zero-order valence-corrected chi connectivity index (χ0v) is 12.4. The molecular formula is C18H18NO3. The lowest BCUT2D eigenvalue weighted by molar-refractivity contribution is -0.155. The molecule has 1 radical (unpaired) electrons. The average molecular weight is 296 g/mol. The summed E-state index contributed by atoms with van der Waals surface area (Å²) in [4.78, 5) is 23.7. The largest absolute Gasteiger partial charge is 0.455 e. The van der Waals surface area contributed by atoms with Gasteiger partial charge < -0.3 is 4.74 Å². The molecule has 2 aromatic rings. The summed E-state index contributed by atoms with van der Waals surface area (Å²) >= 11 is 0. The predicted octanol–water partition coefficient (Wildman–Crippen LogP) is 2.49. The molecule has 0 aliphatic heterocycles.